The summed E-state index contributed by atoms with van der Waals surface area (Å²) in [6.07, 6.45) is 1.57. The molecule has 0 aliphatic heterocycles. The van der Waals surface area contributed by atoms with Crippen LogP contribution < -0.4 is 15.4 Å². The minimum Gasteiger partial charge on any atom is -0.495 e. The molecular formula is C27H35N5O3. The summed E-state index contributed by atoms with van der Waals surface area (Å²) in [5, 5.41) is 14.0. The normalized spacial score (nSPS) is 11.8. The van der Waals surface area contributed by atoms with Gasteiger partial charge in [0.05, 0.1) is 24.7 Å². The first-order valence-electron chi connectivity index (χ1n) is 11.6. The Morgan fingerprint density at radius 1 is 1.00 bits per heavy atom. The highest BCUT2D eigenvalue weighted by molar-refractivity contribution is 6.05. The van der Waals surface area contributed by atoms with Gasteiger partial charge in [-0.3, -0.25) is 9.59 Å². The van der Waals surface area contributed by atoms with Gasteiger partial charge in [-0.05, 0) is 53.1 Å². The van der Waals surface area contributed by atoms with Crippen molar-refractivity contribution in [3.8, 4) is 11.4 Å². The van der Waals surface area contributed by atoms with Crippen molar-refractivity contribution >= 4 is 17.5 Å². The third-order valence-corrected chi connectivity index (χ3v) is 5.54. The predicted molar refractivity (Wildman–Crippen MR) is 138 cm³/mol. The van der Waals surface area contributed by atoms with Gasteiger partial charge in [-0.2, -0.15) is 0 Å². The SMILES string of the molecule is COc1ccc(C(C)(C)C)cc1NC(=O)c1ccc(C)c(-n2cc(C(=O)NCC(C)(C)C)nn2)c1. The maximum Gasteiger partial charge on any atom is 0.273 e. The molecule has 8 heteroatoms. The highest BCUT2D eigenvalue weighted by Gasteiger charge is 2.19. The lowest BCUT2D eigenvalue weighted by atomic mass is 9.87. The summed E-state index contributed by atoms with van der Waals surface area (Å²) in [5.41, 5.74) is 3.78. The van der Waals surface area contributed by atoms with Gasteiger partial charge in [-0.1, -0.05) is 58.9 Å². The molecular weight excluding hydrogens is 442 g/mol. The van der Waals surface area contributed by atoms with Crippen molar-refractivity contribution < 1.29 is 14.3 Å². The summed E-state index contributed by atoms with van der Waals surface area (Å²) in [6.45, 7) is 14.9. The van der Waals surface area contributed by atoms with Crippen LogP contribution in [0.4, 0.5) is 5.69 Å². The van der Waals surface area contributed by atoms with Crippen molar-refractivity contribution in [1.29, 1.82) is 0 Å². The first-order chi connectivity index (χ1) is 16.3. The first-order valence-corrected chi connectivity index (χ1v) is 11.6. The van der Waals surface area contributed by atoms with Crippen LogP contribution in [0.15, 0.2) is 42.6 Å². The van der Waals surface area contributed by atoms with Crippen LogP contribution in [-0.4, -0.2) is 40.5 Å². The number of ether oxygens (including phenoxy) is 1. The van der Waals surface area contributed by atoms with Crippen LogP contribution in [0, 0.1) is 12.3 Å². The van der Waals surface area contributed by atoms with Crippen molar-refractivity contribution in [1.82, 2.24) is 20.3 Å². The molecule has 0 saturated heterocycles. The molecule has 35 heavy (non-hydrogen) atoms. The molecule has 186 valence electrons. The molecule has 8 nitrogen and oxygen atoms in total. The highest BCUT2D eigenvalue weighted by Crippen LogP contribution is 2.32. The largest absolute Gasteiger partial charge is 0.495 e. The molecule has 0 unspecified atom stereocenters. The highest BCUT2D eigenvalue weighted by atomic mass is 16.5. The van der Waals surface area contributed by atoms with Crippen LogP contribution in [0.25, 0.3) is 5.69 Å². The smallest absolute Gasteiger partial charge is 0.273 e. The number of anilines is 1. The monoisotopic (exact) mass is 477 g/mol. The maximum atomic E-state index is 13.2. The number of carbonyl (C=O) groups is 2. The van der Waals surface area contributed by atoms with Crippen LogP contribution in [0.1, 0.15) is 73.5 Å². The molecule has 2 aromatic carbocycles. The van der Waals surface area contributed by atoms with Gasteiger partial charge in [0.1, 0.15) is 5.75 Å². The molecule has 1 aromatic heterocycles. The lowest BCUT2D eigenvalue weighted by molar-refractivity contribution is 0.0933. The van der Waals surface area contributed by atoms with Gasteiger partial charge in [0.2, 0.25) is 0 Å². The maximum absolute atomic E-state index is 13.2. The molecule has 0 saturated carbocycles. The number of amides is 2. The number of nitrogens with one attached hydrogen (secondary N) is 2. The van der Waals surface area contributed by atoms with E-state index in [1.54, 1.807) is 25.4 Å². The average molecular weight is 478 g/mol. The van der Waals surface area contributed by atoms with Crippen LogP contribution in [0.5, 0.6) is 5.75 Å². The zero-order valence-electron chi connectivity index (χ0n) is 21.8. The van der Waals surface area contributed by atoms with Crippen LogP contribution in [0.3, 0.4) is 0 Å². The number of rotatable bonds is 6. The molecule has 0 aliphatic rings. The Balaban J connectivity index is 1.85. The van der Waals surface area contributed by atoms with E-state index in [1.165, 1.54) is 4.68 Å². The molecule has 0 bridgehead atoms. The third kappa shape index (κ3) is 6.47. The van der Waals surface area contributed by atoms with Gasteiger partial charge < -0.3 is 15.4 Å². The number of benzene rings is 2. The molecule has 0 spiro atoms. The van der Waals surface area contributed by atoms with Gasteiger partial charge in [0, 0.05) is 12.1 Å². The number of aryl methyl sites for hydroxylation is 1. The lowest BCUT2D eigenvalue weighted by Crippen LogP contribution is -2.32. The van der Waals surface area contributed by atoms with E-state index < -0.39 is 0 Å². The van der Waals surface area contributed by atoms with Crippen molar-refractivity contribution in [2.24, 2.45) is 5.41 Å². The summed E-state index contributed by atoms with van der Waals surface area (Å²) in [5.74, 6) is 0.0169. The quantitative estimate of drug-likeness (QED) is 0.526. The summed E-state index contributed by atoms with van der Waals surface area (Å²) >= 11 is 0. The van der Waals surface area contributed by atoms with Gasteiger partial charge in [0.15, 0.2) is 5.69 Å². The topological polar surface area (TPSA) is 98.1 Å². The van der Waals surface area contributed by atoms with E-state index >= 15 is 0 Å². The molecule has 0 radical (unpaired) electrons. The number of carbonyl (C=O) groups excluding carboxylic acids is 2. The fourth-order valence-electron chi connectivity index (χ4n) is 3.39. The van der Waals surface area contributed by atoms with Crippen molar-refractivity contribution in [2.45, 2.75) is 53.9 Å². The summed E-state index contributed by atoms with van der Waals surface area (Å²) in [7, 11) is 1.58. The van der Waals surface area contributed by atoms with Gasteiger partial charge in [-0.25, -0.2) is 4.68 Å². The lowest BCUT2D eigenvalue weighted by Gasteiger charge is -2.21. The Kier molecular flexibility index (Phi) is 7.33. The zero-order chi connectivity index (χ0) is 26.0. The van der Waals surface area contributed by atoms with Crippen LogP contribution in [-0.2, 0) is 5.41 Å². The van der Waals surface area contributed by atoms with Gasteiger partial charge in [-0.15, -0.1) is 5.10 Å². The second-order valence-electron chi connectivity index (χ2n) is 10.9. The Morgan fingerprint density at radius 3 is 2.34 bits per heavy atom. The predicted octanol–water partition coefficient (Wildman–Crippen LogP) is 4.91. The number of hydrogen-bond acceptors (Lipinski definition) is 5. The Labute approximate surface area is 207 Å². The van der Waals surface area contributed by atoms with Gasteiger partial charge >= 0.3 is 0 Å². The van der Waals surface area contributed by atoms with Crippen LogP contribution in [0.2, 0.25) is 0 Å². The first kappa shape index (κ1) is 25.9. The van der Waals surface area contributed by atoms with E-state index in [0.29, 0.717) is 29.2 Å². The second kappa shape index (κ2) is 9.90. The molecule has 0 atom stereocenters. The number of nitrogens with zero attached hydrogens (tertiary/aromatic N) is 3. The summed E-state index contributed by atoms with van der Waals surface area (Å²) in [4.78, 5) is 25.6. The molecule has 2 amide bonds. The van der Waals surface area contributed by atoms with E-state index in [0.717, 1.165) is 11.1 Å². The van der Waals surface area contributed by atoms with E-state index in [1.807, 2.05) is 52.0 Å². The van der Waals surface area contributed by atoms with Crippen LogP contribution >= 0.6 is 0 Å². The number of methoxy groups -OCH3 is 1. The molecule has 0 aliphatic carbocycles. The standard InChI is InChI=1S/C27H35N5O3/c1-17-9-10-18(24(33)29-20-14-19(27(5,6)7)11-12-23(20)35-8)13-22(17)32-15-21(30-31-32)25(34)28-16-26(2,3)4/h9-15H,16H2,1-8H3,(H,28,34)(H,29,33). The summed E-state index contributed by atoms with van der Waals surface area (Å²) in [6, 6.07) is 11.1. The minimum atomic E-state index is -0.288. The minimum absolute atomic E-state index is 0.0426. The van der Waals surface area contributed by atoms with Gasteiger partial charge in [0.25, 0.3) is 11.8 Å². The van der Waals surface area contributed by atoms with Crippen molar-refractivity contribution in [2.75, 3.05) is 19.0 Å². The molecule has 2 N–H and O–H groups in total. The summed E-state index contributed by atoms with van der Waals surface area (Å²) < 4.78 is 6.97. The van der Waals surface area contributed by atoms with Crippen molar-refractivity contribution in [3.63, 3.8) is 0 Å². The number of aromatic nitrogens is 3. The molecule has 3 rings (SSSR count). The average Bonchev–Trinajstić information content (AvgIpc) is 3.26. The third-order valence-electron chi connectivity index (χ3n) is 5.54. The Hall–Kier alpha value is -3.68. The van der Waals surface area contributed by atoms with E-state index in [9.17, 15) is 9.59 Å². The van der Waals surface area contributed by atoms with E-state index in [4.69, 9.17) is 4.74 Å². The van der Waals surface area contributed by atoms with Crippen molar-refractivity contribution in [3.05, 3.63) is 65.0 Å². The Bertz CT molecular complexity index is 1230. The van der Waals surface area contributed by atoms with E-state index in [-0.39, 0.29) is 28.3 Å². The fourth-order valence-corrected chi connectivity index (χ4v) is 3.39. The Morgan fingerprint density at radius 2 is 1.71 bits per heavy atom. The molecule has 3 aromatic rings. The number of hydrogen-bond donors (Lipinski definition) is 2. The molecule has 1 heterocycles. The second-order valence-corrected chi connectivity index (χ2v) is 10.9. The zero-order valence-corrected chi connectivity index (χ0v) is 21.8. The fraction of sp³-hybridized carbons (Fsp3) is 0.407. The van der Waals surface area contributed by atoms with E-state index in [2.05, 4.69) is 41.7 Å². The molecule has 0 fully saturated rings.